The van der Waals surface area contributed by atoms with Crippen LogP contribution >= 0.6 is 0 Å². The molecule has 0 spiro atoms. The Bertz CT molecular complexity index is 487. The van der Waals surface area contributed by atoms with E-state index in [1.54, 1.807) is 0 Å². The molecule has 1 unspecified atom stereocenters. The molecule has 0 aliphatic carbocycles. The molecule has 2 rings (SSSR count). The highest BCUT2D eigenvalue weighted by Crippen LogP contribution is 2.06. The average Bonchev–Trinajstić information content (AvgIpc) is 2.75. The zero-order valence-electron chi connectivity index (χ0n) is 10.9. The quantitative estimate of drug-likeness (QED) is 0.858. The summed E-state index contributed by atoms with van der Waals surface area (Å²) >= 11 is 0. The molecule has 1 heterocycles. The van der Waals surface area contributed by atoms with Gasteiger partial charge in [-0.1, -0.05) is 12.1 Å². The second-order valence-electron chi connectivity index (χ2n) is 4.72. The number of rotatable bonds is 5. The lowest BCUT2D eigenvalue weighted by atomic mass is 10.1. The van der Waals surface area contributed by atoms with Crippen molar-refractivity contribution in [2.24, 2.45) is 7.05 Å². The van der Waals surface area contributed by atoms with Crippen LogP contribution in [-0.2, 0) is 20.0 Å². The second kappa shape index (κ2) is 5.83. The van der Waals surface area contributed by atoms with Crippen molar-refractivity contribution in [1.29, 1.82) is 0 Å². The summed E-state index contributed by atoms with van der Waals surface area (Å²) in [5.41, 5.74) is 2.42. The maximum atomic E-state index is 12.8. The van der Waals surface area contributed by atoms with Crippen molar-refractivity contribution < 1.29 is 4.39 Å². The number of aryl methyl sites for hydroxylation is 1. The predicted molar refractivity (Wildman–Crippen MR) is 71.8 cm³/mol. The molecular weight excluding hydrogens is 227 g/mol. The minimum absolute atomic E-state index is 0.178. The van der Waals surface area contributed by atoms with E-state index in [9.17, 15) is 4.39 Å². The van der Waals surface area contributed by atoms with Crippen LogP contribution in [0.2, 0.25) is 0 Å². The van der Waals surface area contributed by atoms with E-state index in [0.29, 0.717) is 6.04 Å². The Hall–Kier alpha value is -1.61. The molecule has 0 amide bonds. The fraction of sp³-hybridized carbons (Fsp3) is 0.333. The van der Waals surface area contributed by atoms with Crippen molar-refractivity contribution in [2.45, 2.75) is 25.9 Å². The topological polar surface area (TPSA) is 17.0 Å². The Morgan fingerprint density at radius 1 is 1.22 bits per heavy atom. The highest BCUT2D eigenvalue weighted by molar-refractivity contribution is 5.17. The largest absolute Gasteiger partial charge is 0.353 e. The van der Waals surface area contributed by atoms with E-state index in [4.69, 9.17) is 0 Å². The SMILES string of the molecule is CC(Cc1ccc(F)cc1)NCc1cccn1C. The molecule has 0 aliphatic rings. The van der Waals surface area contributed by atoms with Gasteiger partial charge in [-0.2, -0.15) is 0 Å². The Labute approximate surface area is 107 Å². The summed E-state index contributed by atoms with van der Waals surface area (Å²) in [6, 6.07) is 11.2. The normalized spacial score (nSPS) is 12.6. The van der Waals surface area contributed by atoms with Crippen molar-refractivity contribution in [3.8, 4) is 0 Å². The van der Waals surface area contributed by atoms with Crippen LogP contribution in [0.25, 0.3) is 0 Å². The molecule has 1 N–H and O–H groups in total. The van der Waals surface area contributed by atoms with Crippen molar-refractivity contribution in [3.05, 3.63) is 59.7 Å². The fourth-order valence-corrected chi connectivity index (χ4v) is 2.01. The first kappa shape index (κ1) is 12.8. The molecule has 0 aliphatic heterocycles. The van der Waals surface area contributed by atoms with E-state index in [1.165, 1.54) is 17.8 Å². The summed E-state index contributed by atoms with van der Waals surface area (Å²) in [6.45, 7) is 3.00. The van der Waals surface area contributed by atoms with Crippen LogP contribution in [0.15, 0.2) is 42.6 Å². The van der Waals surface area contributed by atoms with Gasteiger partial charge in [0.2, 0.25) is 0 Å². The number of aromatic nitrogens is 1. The van der Waals surface area contributed by atoms with Gasteiger partial charge in [0, 0.05) is 31.5 Å². The van der Waals surface area contributed by atoms with Gasteiger partial charge in [-0.15, -0.1) is 0 Å². The van der Waals surface area contributed by atoms with Gasteiger partial charge in [0.05, 0.1) is 0 Å². The van der Waals surface area contributed by atoms with Gasteiger partial charge in [0.25, 0.3) is 0 Å². The number of nitrogens with zero attached hydrogens (tertiary/aromatic N) is 1. The number of halogens is 1. The Balaban J connectivity index is 1.83. The molecule has 0 bridgehead atoms. The van der Waals surface area contributed by atoms with Crippen LogP contribution in [0.4, 0.5) is 4.39 Å². The lowest BCUT2D eigenvalue weighted by molar-refractivity contribution is 0.532. The van der Waals surface area contributed by atoms with Crippen LogP contribution in [0, 0.1) is 5.82 Å². The van der Waals surface area contributed by atoms with Gasteiger partial charge >= 0.3 is 0 Å². The van der Waals surface area contributed by atoms with E-state index in [0.717, 1.165) is 18.5 Å². The molecule has 18 heavy (non-hydrogen) atoms. The lowest BCUT2D eigenvalue weighted by Gasteiger charge is -2.14. The van der Waals surface area contributed by atoms with Crippen molar-refractivity contribution in [3.63, 3.8) is 0 Å². The van der Waals surface area contributed by atoms with E-state index in [1.807, 2.05) is 31.4 Å². The van der Waals surface area contributed by atoms with Crippen LogP contribution < -0.4 is 5.32 Å². The van der Waals surface area contributed by atoms with Crippen molar-refractivity contribution in [2.75, 3.05) is 0 Å². The van der Waals surface area contributed by atoms with Crippen molar-refractivity contribution in [1.82, 2.24) is 9.88 Å². The summed E-state index contributed by atoms with van der Waals surface area (Å²) in [6.07, 6.45) is 2.95. The van der Waals surface area contributed by atoms with Gasteiger partial charge in [-0.3, -0.25) is 0 Å². The van der Waals surface area contributed by atoms with E-state index < -0.39 is 0 Å². The smallest absolute Gasteiger partial charge is 0.123 e. The average molecular weight is 246 g/mol. The van der Waals surface area contributed by atoms with Gasteiger partial charge in [-0.05, 0) is 43.2 Å². The van der Waals surface area contributed by atoms with Crippen LogP contribution in [0.5, 0.6) is 0 Å². The molecule has 3 heteroatoms. The Morgan fingerprint density at radius 2 is 1.94 bits per heavy atom. The first-order valence-corrected chi connectivity index (χ1v) is 6.23. The molecular formula is C15H19FN2. The molecule has 0 saturated heterocycles. The summed E-state index contributed by atoms with van der Waals surface area (Å²) in [4.78, 5) is 0. The van der Waals surface area contributed by atoms with E-state index >= 15 is 0 Å². The molecule has 0 saturated carbocycles. The van der Waals surface area contributed by atoms with Gasteiger partial charge in [0.15, 0.2) is 0 Å². The molecule has 0 fully saturated rings. The van der Waals surface area contributed by atoms with Crippen LogP contribution in [0.1, 0.15) is 18.2 Å². The van der Waals surface area contributed by atoms with Crippen molar-refractivity contribution >= 4 is 0 Å². The molecule has 2 aromatic rings. The molecule has 96 valence electrons. The Morgan fingerprint density at radius 3 is 2.56 bits per heavy atom. The number of nitrogens with one attached hydrogen (secondary N) is 1. The third-order valence-electron chi connectivity index (χ3n) is 3.14. The standard InChI is InChI=1S/C15H19FN2/c1-12(10-13-5-7-14(16)8-6-13)17-11-15-4-3-9-18(15)2/h3-9,12,17H,10-11H2,1-2H3. The number of benzene rings is 1. The zero-order chi connectivity index (χ0) is 13.0. The zero-order valence-corrected chi connectivity index (χ0v) is 10.9. The summed E-state index contributed by atoms with van der Waals surface area (Å²) in [7, 11) is 2.04. The van der Waals surface area contributed by atoms with Gasteiger partial charge in [0.1, 0.15) is 5.82 Å². The monoisotopic (exact) mass is 246 g/mol. The van der Waals surface area contributed by atoms with Gasteiger partial charge in [-0.25, -0.2) is 4.39 Å². The van der Waals surface area contributed by atoms with Crippen LogP contribution in [0.3, 0.4) is 0 Å². The minimum Gasteiger partial charge on any atom is -0.353 e. The highest BCUT2D eigenvalue weighted by atomic mass is 19.1. The molecule has 1 aromatic heterocycles. The summed E-state index contributed by atoms with van der Waals surface area (Å²) < 4.78 is 14.9. The maximum absolute atomic E-state index is 12.8. The lowest BCUT2D eigenvalue weighted by Crippen LogP contribution is -2.28. The molecule has 1 atom stereocenters. The number of hydrogen-bond acceptors (Lipinski definition) is 1. The summed E-state index contributed by atoms with van der Waals surface area (Å²) in [5.74, 6) is -0.178. The van der Waals surface area contributed by atoms with Crippen LogP contribution in [-0.4, -0.2) is 10.6 Å². The fourth-order valence-electron chi connectivity index (χ4n) is 2.01. The first-order valence-electron chi connectivity index (χ1n) is 6.23. The third kappa shape index (κ3) is 3.44. The molecule has 1 aromatic carbocycles. The maximum Gasteiger partial charge on any atom is 0.123 e. The third-order valence-corrected chi connectivity index (χ3v) is 3.14. The second-order valence-corrected chi connectivity index (χ2v) is 4.72. The highest BCUT2D eigenvalue weighted by Gasteiger charge is 2.04. The summed E-state index contributed by atoms with van der Waals surface area (Å²) in [5, 5.41) is 3.47. The number of hydrogen-bond donors (Lipinski definition) is 1. The Kier molecular flexibility index (Phi) is 4.15. The molecule has 0 radical (unpaired) electrons. The molecule has 2 nitrogen and oxygen atoms in total. The van der Waals surface area contributed by atoms with Gasteiger partial charge < -0.3 is 9.88 Å². The van der Waals surface area contributed by atoms with E-state index in [2.05, 4.69) is 22.9 Å². The first-order chi connectivity index (χ1) is 8.65. The van der Waals surface area contributed by atoms with E-state index in [-0.39, 0.29) is 5.82 Å². The minimum atomic E-state index is -0.178. The predicted octanol–water partition coefficient (Wildman–Crippen LogP) is 2.89.